The van der Waals surface area contributed by atoms with Crippen molar-refractivity contribution >= 4 is 50.5 Å². The third kappa shape index (κ3) is 2.59. The second kappa shape index (κ2) is 4.75. The summed E-state index contributed by atoms with van der Waals surface area (Å²) in [6.45, 7) is 1.57. The van der Waals surface area contributed by atoms with Crippen LogP contribution in [0.4, 0.5) is 5.69 Å². The molecule has 0 fully saturated rings. The quantitative estimate of drug-likeness (QED) is 0.841. The Bertz CT molecular complexity index is 700. The number of hydrogen-bond donors (Lipinski definition) is 1. The zero-order chi connectivity index (χ0) is 14.4. The highest BCUT2D eigenvalue weighted by Crippen LogP contribution is 2.37. The molecule has 0 saturated carbocycles. The van der Waals surface area contributed by atoms with Gasteiger partial charge in [0.2, 0.25) is 0 Å². The van der Waals surface area contributed by atoms with Crippen molar-refractivity contribution in [3.05, 3.63) is 22.2 Å². The van der Waals surface area contributed by atoms with E-state index in [2.05, 4.69) is 5.10 Å². The van der Waals surface area contributed by atoms with E-state index < -0.39 is 15.0 Å². The molecule has 0 aliphatic carbocycles. The summed E-state index contributed by atoms with van der Waals surface area (Å²) in [7, 11) is -4.46. The van der Waals surface area contributed by atoms with Gasteiger partial charge in [-0.25, -0.2) is 0 Å². The van der Waals surface area contributed by atoms with Gasteiger partial charge in [-0.3, -0.25) is 14.4 Å². The van der Waals surface area contributed by atoms with Gasteiger partial charge in [0.25, 0.3) is 10.1 Å². The van der Waals surface area contributed by atoms with Crippen LogP contribution in [-0.2, 0) is 14.9 Å². The molecule has 0 radical (unpaired) electrons. The fraction of sp³-hybridized carbons (Fsp3) is 0.200. The molecule has 1 N–H and O–H groups in total. The smallest absolute Gasteiger partial charge is 0.291 e. The van der Waals surface area contributed by atoms with Crippen molar-refractivity contribution in [2.24, 2.45) is 5.10 Å². The van der Waals surface area contributed by atoms with Crippen LogP contribution in [0.3, 0.4) is 0 Å². The predicted molar refractivity (Wildman–Crippen MR) is 71.7 cm³/mol. The molecular weight excluding hydrogens is 315 g/mol. The van der Waals surface area contributed by atoms with E-state index in [1.807, 2.05) is 0 Å². The van der Waals surface area contributed by atoms with Gasteiger partial charge in [-0.2, -0.15) is 13.5 Å². The Labute approximate surface area is 119 Å². The van der Waals surface area contributed by atoms with Crippen LogP contribution in [0, 0.1) is 0 Å². The zero-order valence-corrected chi connectivity index (χ0v) is 11.9. The number of nitrogens with zero attached hydrogens (tertiary/aromatic N) is 2. The van der Waals surface area contributed by atoms with Crippen molar-refractivity contribution in [2.75, 3.05) is 11.6 Å². The molecular formula is C10H8Cl2N2O4S. The second-order valence-electron chi connectivity index (χ2n) is 3.85. The molecule has 0 atom stereocenters. The van der Waals surface area contributed by atoms with Crippen molar-refractivity contribution in [2.45, 2.75) is 11.8 Å². The molecule has 0 unspecified atom stereocenters. The molecule has 1 heterocycles. The number of carbonyl (C=O) groups excluding carboxylic acids is 1. The summed E-state index contributed by atoms with van der Waals surface area (Å²) < 4.78 is 31.1. The summed E-state index contributed by atoms with van der Waals surface area (Å²) in [5, 5.41) is 4.89. The molecule has 2 rings (SSSR count). The zero-order valence-electron chi connectivity index (χ0n) is 9.59. The first-order valence-corrected chi connectivity index (χ1v) is 7.23. The average Bonchev–Trinajstić information content (AvgIpc) is 2.61. The Morgan fingerprint density at radius 3 is 2.42 bits per heavy atom. The molecule has 0 saturated heterocycles. The van der Waals surface area contributed by atoms with Crippen molar-refractivity contribution in [3.8, 4) is 0 Å². The summed E-state index contributed by atoms with van der Waals surface area (Å²) in [5.74, 6) is -0.161. The fourth-order valence-corrected chi connectivity index (χ4v) is 2.92. The van der Waals surface area contributed by atoms with E-state index in [1.165, 1.54) is 11.1 Å². The van der Waals surface area contributed by atoms with Gasteiger partial charge in [0, 0.05) is 0 Å². The maximum atomic E-state index is 11.4. The van der Waals surface area contributed by atoms with Gasteiger partial charge >= 0.3 is 0 Å². The lowest BCUT2D eigenvalue weighted by Gasteiger charge is -2.16. The number of benzene rings is 1. The third-order valence-electron chi connectivity index (χ3n) is 2.55. The van der Waals surface area contributed by atoms with E-state index >= 15 is 0 Å². The van der Waals surface area contributed by atoms with Crippen LogP contribution in [0.2, 0.25) is 10.0 Å². The number of halogens is 2. The molecule has 0 aromatic heterocycles. The number of carbonyl (C=O) groups is 1. The highest BCUT2D eigenvalue weighted by molar-refractivity contribution is 7.86. The molecule has 9 heteroatoms. The van der Waals surface area contributed by atoms with Crippen LogP contribution in [-0.4, -0.2) is 31.0 Å². The van der Waals surface area contributed by atoms with Crippen molar-refractivity contribution in [1.29, 1.82) is 0 Å². The van der Waals surface area contributed by atoms with Crippen molar-refractivity contribution in [1.82, 2.24) is 0 Å². The fourth-order valence-electron chi connectivity index (χ4n) is 1.58. The number of Topliss-reactive ketones (excluding diaryl/α,β-unsaturated/α-hetero) is 1. The highest BCUT2D eigenvalue weighted by Gasteiger charge is 2.26. The molecule has 1 aromatic rings. The Morgan fingerprint density at radius 1 is 1.32 bits per heavy atom. The number of anilines is 1. The minimum absolute atomic E-state index is 0.00705. The molecule has 0 amide bonds. The second-order valence-corrected chi connectivity index (χ2v) is 6.00. The number of hydrazone groups is 1. The molecule has 1 aromatic carbocycles. The van der Waals surface area contributed by atoms with Crippen molar-refractivity contribution in [3.63, 3.8) is 0 Å². The third-order valence-corrected chi connectivity index (χ3v) is 4.43. The number of ketones is 1. The number of rotatable bonds is 2. The van der Waals surface area contributed by atoms with Gasteiger partial charge in [0.1, 0.15) is 17.2 Å². The molecule has 1 aliphatic rings. The SMILES string of the molecule is CC1=NN(c2ccc(S(=O)(=O)O)c(Cl)c2Cl)CC1=O. The normalized spacial score (nSPS) is 15.9. The Balaban J connectivity index is 2.52. The van der Waals surface area contributed by atoms with Gasteiger partial charge < -0.3 is 0 Å². The lowest BCUT2D eigenvalue weighted by Crippen LogP contribution is -2.18. The molecule has 6 nitrogen and oxygen atoms in total. The molecule has 0 spiro atoms. The minimum Gasteiger partial charge on any atom is -0.291 e. The summed E-state index contributed by atoms with van der Waals surface area (Å²) in [4.78, 5) is 10.9. The monoisotopic (exact) mass is 322 g/mol. The van der Waals surface area contributed by atoms with Crippen LogP contribution in [0.5, 0.6) is 0 Å². The highest BCUT2D eigenvalue weighted by atomic mass is 35.5. The van der Waals surface area contributed by atoms with Gasteiger partial charge in [-0.1, -0.05) is 23.2 Å². The molecule has 19 heavy (non-hydrogen) atoms. The first kappa shape index (κ1) is 14.3. The van der Waals surface area contributed by atoms with Crippen molar-refractivity contribution < 1.29 is 17.8 Å². The first-order valence-electron chi connectivity index (χ1n) is 5.03. The maximum absolute atomic E-state index is 11.4. The van der Waals surface area contributed by atoms with E-state index in [4.69, 9.17) is 27.8 Å². The van der Waals surface area contributed by atoms with Gasteiger partial charge in [0.05, 0.1) is 15.7 Å². The summed E-state index contributed by atoms with van der Waals surface area (Å²) in [6.07, 6.45) is 0. The van der Waals surface area contributed by atoms with Crippen LogP contribution >= 0.6 is 23.2 Å². The van der Waals surface area contributed by atoms with Crippen LogP contribution in [0.15, 0.2) is 22.1 Å². The van der Waals surface area contributed by atoms with E-state index in [0.717, 1.165) is 6.07 Å². The molecule has 102 valence electrons. The Morgan fingerprint density at radius 2 is 1.95 bits per heavy atom. The largest absolute Gasteiger partial charge is 0.296 e. The summed E-state index contributed by atoms with van der Waals surface area (Å²) in [5.41, 5.74) is 0.621. The summed E-state index contributed by atoms with van der Waals surface area (Å²) >= 11 is 11.8. The van der Waals surface area contributed by atoms with Crippen LogP contribution in [0.1, 0.15) is 6.92 Å². The van der Waals surface area contributed by atoms with E-state index in [0.29, 0.717) is 11.4 Å². The van der Waals surface area contributed by atoms with Crippen LogP contribution in [0.25, 0.3) is 0 Å². The van der Waals surface area contributed by atoms with Gasteiger partial charge in [-0.05, 0) is 19.1 Å². The standard InChI is InChI=1S/C10H8Cl2N2O4S/c1-5-7(15)4-14(13-5)6-2-3-8(19(16,17)18)10(12)9(6)11/h2-3H,4H2,1H3,(H,16,17,18). The Hall–Kier alpha value is -1.15. The van der Waals surface area contributed by atoms with Gasteiger partial charge in [-0.15, -0.1) is 0 Å². The number of hydrogen-bond acceptors (Lipinski definition) is 5. The Kier molecular flexibility index (Phi) is 3.57. The maximum Gasteiger partial charge on any atom is 0.296 e. The lowest BCUT2D eigenvalue weighted by atomic mass is 10.2. The van der Waals surface area contributed by atoms with E-state index in [-0.39, 0.29) is 22.4 Å². The lowest BCUT2D eigenvalue weighted by molar-refractivity contribution is -0.111. The van der Waals surface area contributed by atoms with E-state index in [9.17, 15) is 13.2 Å². The minimum atomic E-state index is -4.46. The topological polar surface area (TPSA) is 87.0 Å². The van der Waals surface area contributed by atoms with Crippen LogP contribution < -0.4 is 5.01 Å². The molecule has 0 bridgehead atoms. The summed E-state index contributed by atoms with van der Waals surface area (Å²) in [6, 6.07) is 2.43. The van der Waals surface area contributed by atoms with E-state index in [1.54, 1.807) is 6.92 Å². The van der Waals surface area contributed by atoms with Gasteiger partial charge in [0.15, 0.2) is 5.78 Å². The average molecular weight is 323 g/mol. The predicted octanol–water partition coefficient (Wildman–Crippen LogP) is 2.01. The first-order chi connectivity index (χ1) is 8.71. The molecule has 1 aliphatic heterocycles.